The summed E-state index contributed by atoms with van der Waals surface area (Å²) in [4.78, 5) is 2.21. The average molecular weight is 143 g/mol. The Morgan fingerprint density at radius 3 is 2.30 bits per heavy atom. The zero-order chi connectivity index (χ0) is 7.61. The van der Waals surface area contributed by atoms with Crippen LogP contribution in [0.15, 0.2) is 0 Å². The van der Waals surface area contributed by atoms with E-state index < -0.39 is 0 Å². The normalized spacial score (nSPS) is 21.6. The maximum absolute atomic E-state index is 8.74. The Morgan fingerprint density at radius 2 is 2.00 bits per heavy atom. The second-order valence-corrected chi connectivity index (χ2v) is 3.71. The first-order chi connectivity index (χ1) is 4.68. The van der Waals surface area contributed by atoms with Gasteiger partial charge in [0.25, 0.3) is 0 Å². The Kier molecular flexibility index (Phi) is 2.32. The van der Waals surface area contributed by atoms with E-state index in [9.17, 15) is 0 Å². The van der Waals surface area contributed by atoms with Crippen molar-refractivity contribution >= 4 is 0 Å². The van der Waals surface area contributed by atoms with Crippen LogP contribution in [0.2, 0.25) is 0 Å². The Bertz CT molecular complexity index is 108. The molecular formula is C8H17NO. The molecule has 10 heavy (non-hydrogen) atoms. The molecule has 0 radical (unpaired) electrons. The zero-order valence-electron chi connectivity index (χ0n) is 6.93. The molecule has 2 nitrogen and oxygen atoms in total. The SMILES string of the molecule is CN(C)CC1(CCO)CC1. The molecule has 1 saturated carbocycles. The van der Waals surface area contributed by atoms with E-state index in [4.69, 9.17) is 5.11 Å². The highest BCUT2D eigenvalue weighted by Gasteiger charge is 2.41. The van der Waals surface area contributed by atoms with Crippen LogP contribution < -0.4 is 0 Å². The van der Waals surface area contributed by atoms with E-state index in [-0.39, 0.29) is 0 Å². The topological polar surface area (TPSA) is 23.5 Å². The van der Waals surface area contributed by atoms with Gasteiger partial charge in [-0.05, 0) is 38.8 Å². The number of nitrogens with zero attached hydrogens (tertiary/aromatic N) is 1. The van der Waals surface area contributed by atoms with Crippen LogP contribution in [0, 0.1) is 5.41 Å². The number of rotatable bonds is 4. The van der Waals surface area contributed by atoms with Gasteiger partial charge in [0.2, 0.25) is 0 Å². The molecular weight excluding hydrogens is 126 g/mol. The lowest BCUT2D eigenvalue weighted by molar-refractivity contribution is 0.218. The van der Waals surface area contributed by atoms with Crippen molar-refractivity contribution in [3.05, 3.63) is 0 Å². The Labute approximate surface area is 62.8 Å². The number of hydrogen-bond donors (Lipinski definition) is 1. The summed E-state index contributed by atoms with van der Waals surface area (Å²) in [6, 6.07) is 0. The van der Waals surface area contributed by atoms with E-state index in [0.29, 0.717) is 12.0 Å². The van der Waals surface area contributed by atoms with Gasteiger partial charge in [0.05, 0.1) is 0 Å². The molecule has 0 bridgehead atoms. The first-order valence-electron chi connectivity index (χ1n) is 3.94. The number of aliphatic hydroxyl groups excluding tert-OH is 1. The van der Waals surface area contributed by atoms with Crippen LogP contribution in [0.3, 0.4) is 0 Å². The number of aliphatic hydroxyl groups is 1. The first kappa shape index (κ1) is 8.02. The van der Waals surface area contributed by atoms with E-state index in [1.54, 1.807) is 0 Å². The van der Waals surface area contributed by atoms with Gasteiger partial charge in [0, 0.05) is 13.2 Å². The van der Waals surface area contributed by atoms with Crippen molar-refractivity contribution in [2.24, 2.45) is 5.41 Å². The van der Waals surface area contributed by atoms with E-state index in [1.807, 2.05) is 0 Å². The van der Waals surface area contributed by atoms with Crippen LogP contribution in [-0.2, 0) is 0 Å². The summed E-state index contributed by atoms with van der Waals surface area (Å²) in [7, 11) is 4.19. The van der Waals surface area contributed by atoms with Gasteiger partial charge in [-0.25, -0.2) is 0 Å². The molecule has 2 heteroatoms. The highest BCUT2D eigenvalue weighted by molar-refractivity contribution is 4.94. The molecule has 0 aromatic carbocycles. The predicted molar refractivity (Wildman–Crippen MR) is 41.9 cm³/mol. The van der Waals surface area contributed by atoms with E-state index in [0.717, 1.165) is 13.0 Å². The third-order valence-electron chi connectivity index (χ3n) is 2.25. The summed E-state index contributed by atoms with van der Waals surface area (Å²) in [5.41, 5.74) is 0.498. The van der Waals surface area contributed by atoms with Crippen molar-refractivity contribution in [3.63, 3.8) is 0 Å². The lowest BCUT2D eigenvalue weighted by Crippen LogP contribution is -2.23. The van der Waals surface area contributed by atoms with Gasteiger partial charge in [-0.1, -0.05) is 0 Å². The summed E-state index contributed by atoms with van der Waals surface area (Å²) in [5, 5.41) is 8.74. The molecule has 1 fully saturated rings. The largest absolute Gasteiger partial charge is 0.396 e. The Balaban J connectivity index is 2.23. The van der Waals surface area contributed by atoms with Gasteiger partial charge < -0.3 is 10.0 Å². The molecule has 1 aliphatic rings. The van der Waals surface area contributed by atoms with Crippen LogP contribution >= 0.6 is 0 Å². The van der Waals surface area contributed by atoms with Gasteiger partial charge >= 0.3 is 0 Å². The van der Waals surface area contributed by atoms with Crippen molar-refractivity contribution in [2.45, 2.75) is 19.3 Å². The van der Waals surface area contributed by atoms with Crippen LogP contribution in [0.4, 0.5) is 0 Å². The maximum atomic E-state index is 8.74. The highest BCUT2D eigenvalue weighted by Crippen LogP contribution is 2.48. The zero-order valence-corrected chi connectivity index (χ0v) is 6.93. The maximum Gasteiger partial charge on any atom is 0.0436 e. The second-order valence-electron chi connectivity index (χ2n) is 3.71. The van der Waals surface area contributed by atoms with Gasteiger partial charge in [0.15, 0.2) is 0 Å². The lowest BCUT2D eigenvalue weighted by Gasteiger charge is -2.18. The predicted octanol–water partition coefficient (Wildman–Crippen LogP) is 0.711. The molecule has 0 aromatic rings. The quantitative estimate of drug-likeness (QED) is 0.626. The van der Waals surface area contributed by atoms with Crippen molar-refractivity contribution in [2.75, 3.05) is 27.2 Å². The molecule has 0 spiro atoms. The van der Waals surface area contributed by atoms with Crippen molar-refractivity contribution in [3.8, 4) is 0 Å². The molecule has 0 heterocycles. The molecule has 60 valence electrons. The van der Waals surface area contributed by atoms with Crippen LogP contribution in [0.1, 0.15) is 19.3 Å². The van der Waals surface area contributed by atoms with Crippen LogP contribution in [0.5, 0.6) is 0 Å². The van der Waals surface area contributed by atoms with E-state index in [1.165, 1.54) is 12.8 Å². The van der Waals surface area contributed by atoms with Crippen LogP contribution in [0.25, 0.3) is 0 Å². The molecule has 0 unspecified atom stereocenters. The highest BCUT2D eigenvalue weighted by atomic mass is 16.3. The molecule has 0 amide bonds. The number of hydrogen-bond acceptors (Lipinski definition) is 2. The fraction of sp³-hybridized carbons (Fsp3) is 1.00. The standard InChI is InChI=1S/C8H17NO/c1-9(2)7-8(3-4-8)5-6-10/h10H,3-7H2,1-2H3. The smallest absolute Gasteiger partial charge is 0.0436 e. The van der Waals surface area contributed by atoms with Crippen molar-refractivity contribution in [1.29, 1.82) is 0 Å². The Hall–Kier alpha value is -0.0800. The van der Waals surface area contributed by atoms with Crippen molar-refractivity contribution in [1.82, 2.24) is 4.90 Å². The third-order valence-corrected chi connectivity index (χ3v) is 2.25. The van der Waals surface area contributed by atoms with Gasteiger partial charge in [0.1, 0.15) is 0 Å². The monoisotopic (exact) mass is 143 g/mol. The minimum atomic E-state index is 0.355. The molecule has 0 aliphatic heterocycles. The van der Waals surface area contributed by atoms with Gasteiger partial charge in [-0.2, -0.15) is 0 Å². The molecule has 1 aliphatic carbocycles. The van der Waals surface area contributed by atoms with Crippen molar-refractivity contribution < 1.29 is 5.11 Å². The fourth-order valence-electron chi connectivity index (χ4n) is 1.57. The summed E-state index contributed by atoms with van der Waals surface area (Å²) >= 11 is 0. The molecule has 0 atom stereocenters. The minimum Gasteiger partial charge on any atom is -0.396 e. The third kappa shape index (κ3) is 1.96. The molecule has 1 N–H and O–H groups in total. The van der Waals surface area contributed by atoms with Crippen LogP contribution in [-0.4, -0.2) is 37.3 Å². The molecule has 0 aromatic heterocycles. The average Bonchev–Trinajstić information content (AvgIpc) is 2.47. The summed E-state index contributed by atoms with van der Waals surface area (Å²) in [5.74, 6) is 0. The molecule has 1 rings (SSSR count). The fourth-order valence-corrected chi connectivity index (χ4v) is 1.57. The van der Waals surface area contributed by atoms with E-state index >= 15 is 0 Å². The first-order valence-corrected chi connectivity index (χ1v) is 3.94. The second kappa shape index (κ2) is 2.89. The summed E-state index contributed by atoms with van der Waals surface area (Å²) in [6.45, 7) is 1.50. The summed E-state index contributed by atoms with van der Waals surface area (Å²) in [6.07, 6.45) is 3.61. The van der Waals surface area contributed by atoms with Gasteiger partial charge in [-0.15, -0.1) is 0 Å². The van der Waals surface area contributed by atoms with Gasteiger partial charge in [-0.3, -0.25) is 0 Å². The Morgan fingerprint density at radius 1 is 1.40 bits per heavy atom. The van der Waals surface area contributed by atoms with E-state index in [2.05, 4.69) is 19.0 Å². The molecule has 0 saturated heterocycles. The summed E-state index contributed by atoms with van der Waals surface area (Å²) < 4.78 is 0. The minimum absolute atomic E-state index is 0.355. The lowest BCUT2D eigenvalue weighted by atomic mass is 10.0.